The van der Waals surface area contributed by atoms with Crippen molar-refractivity contribution >= 4 is 24.1 Å². The van der Waals surface area contributed by atoms with E-state index in [-0.39, 0.29) is 0 Å². The molecule has 3 rings (SSSR count). The SMILES string of the molecule is O=P(N/N=C/c1ccco1)(c1ccccc1)c1ccccc1. The van der Waals surface area contributed by atoms with Crippen molar-refractivity contribution in [1.82, 2.24) is 5.20 Å². The number of nitrogens with zero attached hydrogens (tertiary/aromatic N) is 1. The van der Waals surface area contributed by atoms with E-state index in [4.69, 9.17) is 4.42 Å². The molecular weight excluding hydrogens is 295 g/mol. The second-order valence-electron chi connectivity index (χ2n) is 4.65. The van der Waals surface area contributed by atoms with Crippen molar-refractivity contribution in [3.63, 3.8) is 0 Å². The molecule has 1 aromatic heterocycles. The second kappa shape index (κ2) is 6.46. The highest BCUT2D eigenvalue weighted by Gasteiger charge is 2.26. The number of hydrazone groups is 1. The molecule has 0 spiro atoms. The summed E-state index contributed by atoms with van der Waals surface area (Å²) in [6, 6.07) is 22.1. The highest BCUT2D eigenvalue weighted by molar-refractivity contribution is 7.76. The van der Waals surface area contributed by atoms with Crippen LogP contribution in [0, 0.1) is 0 Å². The van der Waals surface area contributed by atoms with Gasteiger partial charge in [-0.1, -0.05) is 36.4 Å². The maximum Gasteiger partial charge on any atom is 0.242 e. The van der Waals surface area contributed by atoms with Gasteiger partial charge in [0, 0.05) is 10.6 Å². The van der Waals surface area contributed by atoms with Gasteiger partial charge in [-0.15, -0.1) is 0 Å². The summed E-state index contributed by atoms with van der Waals surface area (Å²) in [5.74, 6) is 0.597. The third kappa shape index (κ3) is 3.02. The third-order valence-electron chi connectivity index (χ3n) is 3.17. The number of hydrogen-bond donors (Lipinski definition) is 1. The molecule has 3 aromatic rings. The summed E-state index contributed by atoms with van der Waals surface area (Å²) in [5.41, 5.74) is 0. The van der Waals surface area contributed by atoms with Gasteiger partial charge < -0.3 is 4.42 Å². The molecular formula is C17H15N2O2P. The molecule has 0 amide bonds. The van der Waals surface area contributed by atoms with E-state index < -0.39 is 7.29 Å². The molecule has 22 heavy (non-hydrogen) atoms. The minimum Gasteiger partial charge on any atom is -0.463 e. The van der Waals surface area contributed by atoms with Gasteiger partial charge in [0.15, 0.2) is 0 Å². The van der Waals surface area contributed by atoms with Crippen LogP contribution >= 0.6 is 7.29 Å². The van der Waals surface area contributed by atoms with Crippen molar-refractivity contribution in [2.75, 3.05) is 0 Å². The molecule has 0 saturated heterocycles. The lowest BCUT2D eigenvalue weighted by Gasteiger charge is -2.18. The third-order valence-corrected chi connectivity index (χ3v) is 5.62. The fourth-order valence-corrected chi connectivity index (χ4v) is 4.01. The molecule has 2 aromatic carbocycles. The molecule has 0 atom stereocenters. The van der Waals surface area contributed by atoms with Crippen molar-refractivity contribution in [2.24, 2.45) is 5.10 Å². The minimum atomic E-state index is -3.03. The topological polar surface area (TPSA) is 54.6 Å². The summed E-state index contributed by atoms with van der Waals surface area (Å²) >= 11 is 0. The average Bonchev–Trinajstić information content (AvgIpc) is 3.10. The molecule has 4 nitrogen and oxygen atoms in total. The van der Waals surface area contributed by atoms with Crippen LogP contribution in [0.25, 0.3) is 0 Å². The molecule has 0 unspecified atom stereocenters. The smallest absolute Gasteiger partial charge is 0.242 e. The average molecular weight is 310 g/mol. The Hall–Kier alpha value is -2.58. The Morgan fingerprint density at radius 3 is 1.95 bits per heavy atom. The lowest BCUT2D eigenvalue weighted by Crippen LogP contribution is -2.24. The van der Waals surface area contributed by atoms with Crippen LogP contribution in [0.5, 0.6) is 0 Å². The van der Waals surface area contributed by atoms with E-state index in [2.05, 4.69) is 10.3 Å². The van der Waals surface area contributed by atoms with Crippen molar-refractivity contribution in [3.05, 3.63) is 84.8 Å². The van der Waals surface area contributed by atoms with E-state index in [1.54, 1.807) is 18.4 Å². The number of hydrogen-bond acceptors (Lipinski definition) is 3. The van der Waals surface area contributed by atoms with Crippen molar-refractivity contribution in [3.8, 4) is 0 Å². The lowest BCUT2D eigenvalue weighted by molar-refractivity contribution is 0.559. The van der Waals surface area contributed by atoms with Crippen molar-refractivity contribution in [2.45, 2.75) is 0 Å². The van der Waals surface area contributed by atoms with Crippen LogP contribution in [0.4, 0.5) is 0 Å². The van der Waals surface area contributed by atoms with Gasteiger partial charge in [-0.3, -0.25) is 9.76 Å². The highest BCUT2D eigenvalue weighted by Crippen LogP contribution is 2.38. The van der Waals surface area contributed by atoms with E-state index in [1.807, 2.05) is 60.7 Å². The molecule has 1 N–H and O–H groups in total. The molecule has 0 aliphatic carbocycles. The molecule has 0 fully saturated rings. The van der Waals surface area contributed by atoms with Crippen LogP contribution < -0.4 is 15.8 Å². The van der Waals surface area contributed by atoms with E-state index in [0.29, 0.717) is 16.4 Å². The Bertz CT molecular complexity index is 741. The Kier molecular flexibility index (Phi) is 4.22. The normalized spacial score (nSPS) is 11.6. The fraction of sp³-hybridized carbons (Fsp3) is 0. The van der Waals surface area contributed by atoms with Crippen LogP contribution in [-0.2, 0) is 4.57 Å². The summed E-state index contributed by atoms with van der Waals surface area (Å²) in [6.45, 7) is 0. The van der Waals surface area contributed by atoms with Crippen LogP contribution in [0.1, 0.15) is 5.76 Å². The molecule has 5 heteroatoms. The van der Waals surface area contributed by atoms with Crippen LogP contribution in [-0.4, -0.2) is 6.21 Å². The maximum absolute atomic E-state index is 13.5. The van der Waals surface area contributed by atoms with E-state index in [0.717, 1.165) is 0 Å². The Morgan fingerprint density at radius 2 is 1.45 bits per heavy atom. The van der Waals surface area contributed by atoms with Crippen LogP contribution in [0.3, 0.4) is 0 Å². The number of nitrogens with one attached hydrogen (secondary N) is 1. The first-order chi connectivity index (χ1) is 10.8. The molecule has 0 aliphatic rings. The summed E-state index contributed by atoms with van der Waals surface area (Å²) < 4.78 is 18.7. The number of rotatable bonds is 5. The zero-order valence-electron chi connectivity index (χ0n) is 11.8. The molecule has 0 radical (unpaired) electrons. The van der Waals surface area contributed by atoms with Gasteiger partial charge in [0.05, 0.1) is 12.5 Å². The standard InChI is InChI=1S/C17H15N2O2P/c20-22(16-9-3-1-4-10-16,17-11-5-2-6-12-17)19-18-14-15-8-7-13-21-15/h1-14H,(H,19,20)/b18-14+. The fourth-order valence-electron chi connectivity index (χ4n) is 2.08. The summed E-state index contributed by atoms with van der Waals surface area (Å²) in [5, 5.41) is 8.35. The predicted octanol–water partition coefficient (Wildman–Crippen LogP) is 3.13. The van der Waals surface area contributed by atoms with E-state index in [9.17, 15) is 4.57 Å². The monoisotopic (exact) mass is 310 g/mol. The van der Waals surface area contributed by atoms with E-state index in [1.165, 1.54) is 6.21 Å². The van der Waals surface area contributed by atoms with Gasteiger partial charge in [-0.05, 0) is 36.4 Å². The largest absolute Gasteiger partial charge is 0.463 e. The first-order valence-corrected chi connectivity index (χ1v) is 8.55. The molecule has 0 aliphatic heterocycles. The quantitative estimate of drug-likeness (QED) is 0.447. The van der Waals surface area contributed by atoms with Gasteiger partial charge in [-0.25, -0.2) is 0 Å². The minimum absolute atomic E-state index is 0.597. The van der Waals surface area contributed by atoms with Crippen LogP contribution in [0.2, 0.25) is 0 Å². The van der Waals surface area contributed by atoms with Gasteiger partial charge in [0.1, 0.15) is 5.76 Å². The maximum atomic E-state index is 13.5. The second-order valence-corrected chi connectivity index (χ2v) is 7.11. The van der Waals surface area contributed by atoms with Crippen molar-refractivity contribution in [1.29, 1.82) is 0 Å². The Labute approximate surface area is 128 Å². The zero-order valence-corrected chi connectivity index (χ0v) is 12.7. The molecule has 0 saturated carbocycles. The summed E-state index contributed by atoms with van der Waals surface area (Å²) in [4.78, 5) is 0. The number of furan rings is 1. The highest BCUT2D eigenvalue weighted by atomic mass is 31.2. The lowest BCUT2D eigenvalue weighted by atomic mass is 10.4. The number of benzene rings is 2. The molecule has 0 bridgehead atoms. The first-order valence-electron chi connectivity index (χ1n) is 6.84. The van der Waals surface area contributed by atoms with E-state index >= 15 is 0 Å². The Balaban J connectivity index is 1.95. The van der Waals surface area contributed by atoms with Crippen molar-refractivity contribution < 1.29 is 8.98 Å². The van der Waals surface area contributed by atoms with Gasteiger partial charge >= 0.3 is 0 Å². The first kappa shape index (κ1) is 14.4. The molecule has 110 valence electrons. The van der Waals surface area contributed by atoms with Gasteiger partial charge in [0.25, 0.3) is 0 Å². The summed E-state index contributed by atoms with van der Waals surface area (Å²) in [6.07, 6.45) is 3.08. The molecule has 1 heterocycles. The summed E-state index contributed by atoms with van der Waals surface area (Å²) in [7, 11) is -3.03. The zero-order chi connectivity index (χ0) is 15.3. The van der Waals surface area contributed by atoms with Gasteiger partial charge in [-0.2, -0.15) is 5.10 Å². The van der Waals surface area contributed by atoms with Gasteiger partial charge in [0.2, 0.25) is 7.29 Å². The predicted molar refractivity (Wildman–Crippen MR) is 89.2 cm³/mol. The Morgan fingerprint density at radius 1 is 0.864 bits per heavy atom. The van der Waals surface area contributed by atoms with Crippen LogP contribution in [0.15, 0.2) is 88.6 Å².